The summed E-state index contributed by atoms with van der Waals surface area (Å²) in [5.74, 6) is -0.0473. The first-order valence-electron chi connectivity index (χ1n) is 33.6. The predicted octanol–water partition coefficient (Wildman–Crippen LogP) is 21.4. The van der Waals surface area contributed by atoms with E-state index in [2.05, 4.69) is 31.3 Å². The number of amides is 1. The second kappa shape index (κ2) is 63.9. The van der Waals surface area contributed by atoms with Gasteiger partial charge in [0.25, 0.3) is 0 Å². The number of nitrogens with one attached hydrogen (secondary N) is 1. The summed E-state index contributed by atoms with van der Waals surface area (Å²) in [5, 5.41) is 23.2. The number of esters is 1. The maximum absolute atomic E-state index is 12.5. The van der Waals surface area contributed by atoms with Gasteiger partial charge in [0.1, 0.15) is 0 Å². The lowest BCUT2D eigenvalue weighted by Gasteiger charge is -2.20. The molecule has 0 aromatic carbocycles. The molecule has 0 spiro atoms. The van der Waals surface area contributed by atoms with Crippen molar-refractivity contribution in [1.29, 1.82) is 0 Å². The average Bonchev–Trinajstić information content (AvgIpc) is 3.40. The first-order valence-corrected chi connectivity index (χ1v) is 33.6. The molecule has 0 rings (SSSR count). The average molecular weight is 1040 g/mol. The molecule has 3 N–H and O–H groups in total. The van der Waals surface area contributed by atoms with Crippen molar-refractivity contribution in [2.75, 3.05) is 13.2 Å². The SMILES string of the molecule is CCCCCCCCCCCCCCCC/C=C/C(O)C(CO)NC(=O)CCCCCCCCCCCCCCC/C=C\CCCCCCCCCCCCCCOC(=O)CCCCCCCCCCCCCC. The highest BCUT2D eigenvalue weighted by molar-refractivity contribution is 5.76. The lowest BCUT2D eigenvalue weighted by atomic mass is 10.0. The molecule has 6 heteroatoms. The number of carbonyl (C=O) groups excluding carboxylic acids is 2. The highest BCUT2D eigenvalue weighted by atomic mass is 16.5. The molecule has 0 aliphatic carbocycles. The molecule has 0 radical (unpaired) electrons. The molecule has 0 saturated carbocycles. The molecule has 0 aliphatic rings. The Morgan fingerprint density at radius 3 is 0.959 bits per heavy atom. The summed E-state index contributed by atoms with van der Waals surface area (Å²) in [7, 11) is 0. The van der Waals surface area contributed by atoms with Gasteiger partial charge in [0.15, 0.2) is 0 Å². The van der Waals surface area contributed by atoms with E-state index in [0.29, 0.717) is 19.4 Å². The number of rotatable bonds is 63. The number of hydrogen-bond acceptors (Lipinski definition) is 5. The number of ether oxygens (including phenoxy) is 1. The van der Waals surface area contributed by atoms with Crippen molar-refractivity contribution in [2.45, 2.75) is 386 Å². The zero-order chi connectivity index (χ0) is 53.6. The monoisotopic (exact) mass is 1040 g/mol. The van der Waals surface area contributed by atoms with E-state index in [9.17, 15) is 19.8 Å². The van der Waals surface area contributed by atoms with Gasteiger partial charge in [-0.2, -0.15) is 0 Å². The molecule has 0 aromatic rings. The highest BCUT2D eigenvalue weighted by Gasteiger charge is 2.18. The summed E-state index contributed by atoms with van der Waals surface area (Å²) in [5.41, 5.74) is 0. The summed E-state index contributed by atoms with van der Waals surface area (Å²) in [4.78, 5) is 24.5. The van der Waals surface area contributed by atoms with Gasteiger partial charge in [0.05, 0.1) is 25.4 Å². The maximum Gasteiger partial charge on any atom is 0.305 e. The second-order valence-electron chi connectivity index (χ2n) is 23.2. The molecule has 0 bridgehead atoms. The van der Waals surface area contributed by atoms with E-state index >= 15 is 0 Å². The van der Waals surface area contributed by atoms with Gasteiger partial charge in [-0.05, 0) is 57.8 Å². The Kier molecular flexibility index (Phi) is 62.4. The smallest absolute Gasteiger partial charge is 0.305 e. The quantitative estimate of drug-likeness (QED) is 0.0320. The maximum atomic E-state index is 12.5. The van der Waals surface area contributed by atoms with E-state index in [1.54, 1.807) is 6.08 Å². The van der Waals surface area contributed by atoms with E-state index in [1.807, 2.05) is 6.08 Å². The Morgan fingerprint density at radius 1 is 0.365 bits per heavy atom. The van der Waals surface area contributed by atoms with Crippen LogP contribution in [0.5, 0.6) is 0 Å². The van der Waals surface area contributed by atoms with Gasteiger partial charge >= 0.3 is 5.97 Å². The standard InChI is InChI=1S/C68H131NO5/c1-3-5-7-9-11-13-15-17-18-34-37-40-44-48-52-56-60-66(71)65(64-70)69-67(72)61-57-53-49-45-41-38-35-32-30-28-26-24-22-20-19-21-23-25-27-29-31-33-36-39-43-47-51-55-59-63-74-68(73)62-58-54-50-46-42-16-14-12-10-8-6-4-2/h19,21,56,60,65-66,70-71H,3-18,20,22-55,57-59,61-64H2,1-2H3,(H,69,72)/b21-19-,60-56+. The van der Waals surface area contributed by atoms with Crippen molar-refractivity contribution in [3.63, 3.8) is 0 Å². The number of aliphatic hydroxyl groups excluding tert-OH is 2. The third-order valence-electron chi connectivity index (χ3n) is 15.7. The van der Waals surface area contributed by atoms with Crippen LogP contribution in [0.2, 0.25) is 0 Å². The Labute approximate surface area is 462 Å². The Bertz CT molecular complexity index is 1150. The molecular weight excluding hydrogens is 911 g/mol. The van der Waals surface area contributed by atoms with Gasteiger partial charge in [-0.1, -0.05) is 327 Å². The summed E-state index contributed by atoms with van der Waals surface area (Å²) < 4.78 is 5.48. The summed E-state index contributed by atoms with van der Waals surface area (Å²) in [6, 6.07) is -0.627. The van der Waals surface area contributed by atoms with Crippen LogP contribution < -0.4 is 5.32 Å². The van der Waals surface area contributed by atoms with Crippen LogP contribution in [-0.2, 0) is 14.3 Å². The third-order valence-corrected chi connectivity index (χ3v) is 15.7. The topological polar surface area (TPSA) is 95.9 Å². The fourth-order valence-electron chi connectivity index (χ4n) is 10.6. The van der Waals surface area contributed by atoms with Gasteiger partial charge < -0.3 is 20.3 Å². The van der Waals surface area contributed by atoms with Crippen LogP contribution in [0.25, 0.3) is 0 Å². The summed E-state index contributed by atoms with van der Waals surface area (Å²) in [6.45, 7) is 4.93. The summed E-state index contributed by atoms with van der Waals surface area (Å²) in [6.07, 6.45) is 79.6. The number of carbonyl (C=O) groups is 2. The Hall–Kier alpha value is -1.66. The van der Waals surface area contributed by atoms with Crippen molar-refractivity contribution in [3.8, 4) is 0 Å². The van der Waals surface area contributed by atoms with Crippen molar-refractivity contribution in [1.82, 2.24) is 5.32 Å². The van der Waals surface area contributed by atoms with Crippen LogP contribution in [-0.4, -0.2) is 47.4 Å². The minimum Gasteiger partial charge on any atom is -0.466 e. The lowest BCUT2D eigenvalue weighted by Crippen LogP contribution is -2.45. The van der Waals surface area contributed by atoms with E-state index in [0.717, 1.165) is 38.5 Å². The Morgan fingerprint density at radius 2 is 0.635 bits per heavy atom. The van der Waals surface area contributed by atoms with Crippen LogP contribution in [0.15, 0.2) is 24.3 Å². The molecule has 2 unspecified atom stereocenters. The third kappa shape index (κ3) is 59.6. The van der Waals surface area contributed by atoms with Gasteiger partial charge in [-0.25, -0.2) is 0 Å². The first-order chi connectivity index (χ1) is 36.5. The predicted molar refractivity (Wildman–Crippen MR) is 324 cm³/mol. The zero-order valence-electron chi connectivity index (χ0n) is 50.1. The number of aliphatic hydroxyl groups is 2. The van der Waals surface area contributed by atoms with Crippen LogP contribution in [0, 0.1) is 0 Å². The first kappa shape index (κ1) is 72.3. The molecule has 438 valence electrons. The molecule has 74 heavy (non-hydrogen) atoms. The van der Waals surface area contributed by atoms with Crippen LogP contribution in [0.1, 0.15) is 373 Å². The second-order valence-corrected chi connectivity index (χ2v) is 23.2. The Balaban J connectivity index is 3.39. The van der Waals surface area contributed by atoms with Gasteiger partial charge in [0.2, 0.25) is 5.91 Å². The van der Waals surface area contributed by atoms with Crippen molar-refractivity contribution in [3.05, 3.63) is 24.3 Å². The number of unbranched alkanes of at least 4 members (excludes halogenated alkanes) is 50. The highest BCUT2D eigenvalue weighted by Crippen LogP contribution is 2.18. The van der Waals surface area contributed by atoms with Gasteiger partial charge in [-0.15, -0.1) is 0 Å². The molecule has 1 amide bonds. The molecule has 0 saturated heterocycles. The van der Waals surface area contributed by atoms with E-state index in [4.69, 9.17) is 4.74 Å². The summed E-state index contributed by atoms with van der Waals surface area (Å²) >= 11 is 0. The minimum atomic E-state index is -0.843. The van der Waals surface area contributed by atoms with Crippen LogP contribution in [0.4, 0.5) is 0 Å². The molecule has 0 fully saturated rings. The molecule has 6 nitrogen and oxygen atoms in total. The minimum absolute atomic E-state index is 0.0173. The normalized spacial score (nSPS) is 12.6. The fraction of sp³-hybridized carbons (Fsp3) is 0.912. The number of hydrogen-bond donors (Lipinski definition) is 3. The van der Waals surface area contributed by atoms with Crippen molar-refractivity contribution >= 4 is 11.9 Å². The largest absolute Gasteiger partial charge is 0.466 e. The van der Waals surface area contributed by atoms with Crippen molar-refractivity contribution in [2.24, 2.45) is 0 Å². The molecule has 0 heterocycles. The van der Waals surface area contributed by atoms with Gasteiger partial charge in [-0.3, -0.25) is 9.59 Å². The van der Waals surface area contributed by atoms with Crippen molar-refractivity contribution < 1.29 is 24.5 Å². The van der Waals surface area contributed by atoms with E-state index in [1.165, 1.54) is 308 Å². The van der Waals surface area contributed by atoms with Crippen LogP contribution in [0.3, 0.4) is 0 Å². The van der Waals surface area contributed by atoms with E-state index < -0.39 is 12.1 Å². The zero-order valence-corrected chi connectivity index (χ0v) is 50.1. The van der Waals surface area contributed by atoms with Gasteiger partial charge in [0, 0.05) is 12.8 Å². The van der Waals surface area contributed by atoms with Crippen LogP contribution >= 0.6 is 0 Å². The molecule has 0 aromatic heterocycles. The van der Waals surface area contributed by atoms with E-state index in [-0.39, 0.29) is 18.5 Å². The fourth-order valence-corrected chi connectivity index (χ4v) is 10.6. The molecule has 0 aliphatic heterocycles. The number of allylic oxidation sites excluding steroid dienone is 3. The molecule has 2 atom stereocenters. The molecular formula is C68H131NO5. The lowest BCUT2D eigenvalue weighted by molar-refractivity contribution is -0.143.